The lowest BCUT2D eigenvalue weighted by Crippen LogP contribution is -1.95. The minimum atomic E-state index is 0.821. The standard InChI is InChI=1S/C17H24ClN/c1-2-3-4-5-6-7-8-12-19-13-11-15-14-16(18)9-10-17(15)19/h9-11,13-14H,2-8,12H2,1H3. The summed E-state index contributed by atoms with van der Waals surface area (Å²) in [4.78, 5) is 0. The van der Waals surface area contributed by atoms with E-state index < -0.39 is 0 Å². The molecular weight excluding hydrogens is 254 g/mol. The number of nitrogens with zero attached hydrogens (tertiary/aromatic N) is 1. The Labute approximate surface area is 121 Å². The quantitative estimate of drug-likeness (QED) is 0.518. The van der Waals surface area contributed by atoms with E-state index >= 15 is 0 Å². The summed E-state index contributed by atoms with van der Waals surface area (Å²) in [5.74, 6) is 0. The van der Waals surface area contributed by atoms with Crippen LogP contribution in [0.1, 0.15) is 51.9 Å². The highest BCUT2D eigenvalue weighted by molar-refractivity contribution is 6.31. The molecule has 0 saturated carbocycles. The third-order valence-corrected chi connectivity index (χ3v) is 3.97. The van der Waals surface area contributed by atoms with E-state index in [0.29, 0.717) is 0 Å². The number of hydrogen-bond donors (Lipinski definition) is 0. The summed E-state index contributed by atoms with van der Waals surface area (Å²) in [5, 5.41) is 2.07. The van der Waals surface area contributed by atoms with Gasteiger partial charge in [0.05, 0.1) is 0 Å². The molecule has 1 heterocycles. The van der Waals surface area contributed by atoms with Crippen LogP contribution in [0.15, 0.2) is 30.5 Å². The molecule has 2 aromatic rings. The van der Waals surface area contributed by atoms with Gasteiger partial charge in [0.1, 0.15) is 0 Å². The lowest BCUT2D eigenvalue weighted by atomic mass is 10.1. The van der Waals surface area contributed by atoms with E-state index in [1.807, 2.05) is 12.1 Å². The number of benzene rings is 1. The monoisotopic (exact) mass is 277 g/mol. The molecule has 1 nitrogen and oxygen atoms in total. The third-order valence-electron chi connectivity index (χ3n) is 3.74. The van der Waals surface area contributed by atoms with Crippen molar-refractivity contribution < 1.29 is 0 Å². The van der Waals surface area contributed by atoms with Gasteiger partial charge in [-0.3, -0.25) is 0 Å². The van der Waals surface area contributed by atoms with Crippen LogP contribution < -0.4 is 0 Å². The van der Waals surface area contributed by atoms with Gasteiger partial charge >= 0.3 is 0 Å². The molecule has 104 valence electrons. The van der Waals surface area contributed by atoms with Crippen LogP contribution >= 0.6 is 11.6 Å². The second-order valence-electron chi connectivity index (χ2n) is 5.33. The molecule has 19 heavy (non-hydrogen) atoms. The summed E-state index contributed by atoms with van der Waals surface area (Å²) < 4.78 is 2.34. The molecule has 1 aromatic heterocycles. The van der Waals surface area contributed by atoms with Gasteiger partial charge in [-0.05, 0) is 30.7 Å². The van der Waals surface area contributed by atoms with Gasteiger partial charge in [0.2, 0.25) is 0 Å². The van der Waals surface area contributed by atoms with Crippen LogP contribution in [0.4, 0.5) is 0 Å². The molecule has 0 unspecified atom stereocenters. The Morgan fingerprint density at radius 2 is 1.68 bits per heavy atom. The van der Waals surface area contributed by atoms with Gasteiger partial charge in [-0.1, -0.05) is 57.0 Å². The minimum absolute atomic E-state index is 0.821. The van der Waals surface area contributed by atoms with Crippen molar-refractivity contribution in [3.8, 4) is 0 Å². The fourth-order valence-corrected chi connectivity index (χ4v) is 2.79. The van der Waals surface area contributed by atoms with Crippen LogP contribution in [0.25, 0.3) is 10.9 Å². The zero-order valence-electron chi connectivity index (χ0n) is 11.9. The summed E-state index contributed by atoms with van der Waals surface area (Å²) in [7, 11) is 0. The molecule has 2 rings (SSSR count). The molecular formula is C17H24ClN. The van der Waals surface area contributed by atoms with E-state index in [9.17, 15) is 0 Å². The fourth-order valence-electron chi connectivity index (χ4n) is 2.61. The number of aryl methyl sites for hydroxylation is 1. The molecule has 0 bridgehead atoms. The van der Waals surface area contributed by atoms with Crippen molar-refractivity contribution in [1.82, 2.24) is 4.57 Å². The minimum Gasteiger partial charge on any atom is -0.347 e. The number of halogens is 1. The highest BCUT2D eigenvalue weighted by Crippen LogP contribution is 2.21. The molecule has 0 saturated heterocycles. The summed E-state index contributed by atoms with van der Waals surface area (Å²) >= 11 is 6.01. The van der Waals surface area contributed by atoms with Crippen molar-refractivity contribution in [3.63, 3.8) is 0 Å². The molecule has 0 radical (unpaired) electrons. The highest BCUT2D eigenvalue weighted by atomic mass is 35.5. The first-order valence-corrected chi connectivity index (χ1v) is 7.93. The topological polar surface area (TPSA) is 4.93 Å². The first-order valence-electron chi connectivity index (χ1n) is 7.55. The molecule has 1 aromatic carbocycles. The molecule has 0 spiro atoms. The number of hydrogen-bond acceptors (Lipinski definition) is 0. The lowest BCUT2D eigenvalue weighted by molar-refractivity contribution is 0.556. The predicted octanol–water partition coefficient (Wildman–Crippen LogP) is 6.05. The molecule has 0 N–H and O–H groups in total. The lowest BCUT2D eigenvalue weighted by Gasteiger charge is -2.05. The van der Waals surface area contributed by atoms with Crippen LogP contribution in [-0.4, -0.2) is 4.57 Å². The first-order chi connectivity index (χ1) is 9.31. The Hall–Kier alpha value is -0.950. The van der Waals surface area contributed by atoms with Crippen molar-refractivity contribution >= 4 is 22.5 Å². The Balaban J connectivity index is 1.76. The van der Waals surface area contributed by atoms with Crippen molar-refractivity contribution in [2.45, 2.75) is 58.4 Å². The van der Waals surface area contributed by atoms with E-state index in [0.717, 1.165) is 11.6 Å². The van der Waals surface area contributed by atoms with E-state index in [4.69, 9.17) is 11.6 Å². The molecule has 2 heteroatoms. The Morgan fingerprint density at radius 1 is 0.947 bits per heavy atom. The van der Waals surface area contributed by atoms with Gasteiger partial charge in [-0.2, -0.15) is 0 Å². The van der Waals surface area contributed by atoms with Crippen LogP contribution in [0.5, 0.6) is 0 Å². The summed E-state index contributed by atoms with van der Waals surface area (Å²) in [6.07, 6.45) is 11.7. The average molecular weight is 278 g/mol. The van der Waals surface area contributed by atoms with E-state index in [1.165, 1.54) is 55.8 Å². The van der Waals surface area contributed by atoms with Gasteiger partial charge in [0.25, 0.3) is 0 Å². The van der Waals surface area contributed by atoms with E-state index in [-0.39, 0.29) is 0 Å². The Bertz CT molecular complexity index is 501. The second kappa shape index (κ2) is 7.59. The normalized spacial score (nSPS) is 11.3. The smallest absolute Gasteiger partial charge is 0.0481 e. The van der Waals surface area contributed by atoms with E-state index in [1.54, 1.807) is 0 Å². The number of rotatable bonds is 8. The summed E-state index contributed by atoms with van der Waals surface area (Å²) in [6.45, 7) is 3.39. The SMILES string of the molecule is CCCCCCCCCn1ccc2cc(Cl)ccc21. The van der Waals surface area contributed by atoms with Crippen LogP contribution in [0.2, 0.25) is 5.02 Å². The number of aromatic nitrogens is 1. The first kappa shape index (κ1) is 14.5. The van der Waals surface area contributed by atoms with Gasteiger partial charge in [0.15, 0.2) is 0 Å². The molecule has 0 fully saturated rings. The Morgan fingerprint density at radius 3 is 2.47 bits per heavy atom. The molecule has 0 aliphatic heterocycles. The van der Waals surface area contributed by atoms with Crippen LogP contribution in [0.3, 0.4) is 0 Å². The molecule has 0 aliphatic carbocycles. The molecule has 0 atom stereocenters. The third kappa shape index (κ3) is 4.28. The van der Waals surface area contributed by atoms with E-state index in [2.05, 4.69) is 29.8 Å². The van der Waals surface area contributed by atoms with Gasteiger partial charge in [-0.25, -0.2) is 0 Å². The Kier molecular flexibility index (Phi) is 5.78. The zero-order chi connectivity index (χ0) is 13.5. The maximum atomic E-state index is 6.01. The van der Waals surface area contributed by atoms with Crippen molar-refractivity contribution in [2.24, 2.45) is 0 Å². The van der Waals surface area contributed by atoms with Crippen molar-refractivity contribution in [1.29, 1.82) is 0 Å². The molecule has 0 amide bonds. The largest absolute Gasteiger partial charge is 0.347 e. The maximum Gasteiger partial charge on any atom is 0.0481 e. The molecule has 0 aliphatic rings. The van der Waals surface area contributed by atoms with Crippen LogP contribution in [-0.2, 0) is 6.54 Å². The average Bonchev–Trinajstić information content (AvgIpc) is 2.80. The van der Waals surface area contributed by atoms with Crippen LogP contribution in [0, 0.1) is 0 Å². The van der Waals surface area contributed by atoms with Crippen molar-refractivity contribution in [2.75, 3.05) is 0 Å². The van der Waals surface area contributed by atoms with Gasteiger partial charge < -0.3 is 4.57 Å². The van der Waals surface area contributed by atoms with Crippen molar-refractivity contribution in [3.05, 3.63) is 35.5 Å². The fraction of sp³-hybridized carbons (Fsp3) is 0.529. The zero-order valence-corrected chi connectivity index (χ0v) is 12.6. The summed E-state index contributed by atoms with van der Waals surface area (Å²) in [6, 6.07) is 8.30. The summed E-state index contributed by atoms with van der Waals surface area (Å²) in [5.41, 5.74) is 1.30. The number of fused-ring (bicyclic) bond motifs is 1. The predicted molar refractivity (Wildman–Crippen MR) is 84.9 cm³/mol. The second-order valence-corrected chi connectivity index (χ2v) is 5.77. The van der Waals surface area contributed by atoms with Gasteiger partial charge in [0, 0.05) is 28.7 Å². The number of unbranched alkanes of at least 4 members (excludes halogenated alkanes) is 6. The maximum absolute atomic E-state index is 6.01. The highest BCUT2D eigenvalue weighted by Gasteiger charge is 2.01. The van der Waals surface area contributed by atoms with Gasteiger partial charge in [-0.15, -0.1) is 0 Å².